The Kier molecular flexibility index (Phi) is 4.12. The second-order valence-corrected chi connectivity index (χ2v) is 2.73. The number of nitrogens with one attached hydrogen (secondary N) is 1. The Bertz CT molecular complexity index is 291. The van der Waals surface area contributed by atoms with Crippen molar-refractivity contribution in [3.8, 4) is 5.88 Å². The van der Waals surface area contributed by atoms with Crippen molar-refractivity contribution in [1.29, 1.82) is 0 Å². The summed E-state index contributed by atoms with van der Waals surface area (Å²) in [6.07, 6.45) is 0. The van der Waals surface area contributed by atoms with Gasteiger partial charge in [0, 0.05) is 20.2 Å². The van der Waals surface area contributed by atoms with Crippen LogP contribution in [0.4, 0.5) is 5.82 Å². The van der Waals surface area contributed by atoms with Crippen molar-refractivity contribution in [3.63, 3.8) is 0 Å². The number of anilines is 1. The van der Waals surface area contributed by atoms with Crippen LogP contribution in [0.1, 0.15) is 5.82 Å². The summed E-state index contributed by atoms with van der Waals surface area (Å²) < 4.78 is 10.2. The van der Waals surface area contributed by atoms with E-state index < -0.39 is 0 Å². The summed E-state index contributed by atoms with van der Waals surface area (Å²) >= 11 is 0. The summed E-state index contributed by atoms with van der Waals surface area (Å²) in [7, 11) is 3.44. The molecule has 0 saturated heterocycles. The fraction of sp³-hybridized carbons (Fsp3) is 0.556. The van der Waals surface area contributed by atoms with Crippen LogP contribution >= 0.6 is 0 Å². The van der Waals surface area contributed by atoms with Gasteiger partial charge in [-0.2, -0.15) is 4.98 Å². The average Bonchev–Trinajstić information content (AvgIpc) is 2.17. The van der Waals surface area contributed by atoms with Crippen LogP contribution in [-0.4, -0.2) is 37.3 Å². The molecule has 0 aliphatic carbocycles. The molecule has 0 radical (unpaired) electrons. The Labute approximate surface area is 83.5 Å². The van der Waals surface area contributed by atoms with Crippen LogP contribution in [0.2, 0.25) is 0 Å². The highest BCUT2D eigenvalue weighted by atomic mass is 16.5. The minimum Gasteiger partial charge on any atom is -0.475 e. The molecule has 0 aliphatic rings. The summed E-state index contributed by atoms with van der Waals surface area (Å²) in [5, 5.41) is 2.94. The van der Waals surface area contributed by atoms with Crippen LogP contribution in [0.5, 0.6) is 5.88 Å². The highest BCUT2D eigenvalue weighted by Crippen LogP contribution is 2.12. The topological polar surface area (TPSA) is 56.3 Å². The van der Waals surface area contributed by atoms with Crippen LogP contribution in [0, 0.1) is 6.92 Å². The first-order chi connectivity index (χ1) is 6.76. The third-order valence-corrected chi connectivity index (χ3v) is 1.61. The van der Waals surface area contributed by atoms with Crippen molar-refractivity contribution in [1.82, 2.24) is 9.97 Å². The molecule has 0 amide bonds. The van der Waals surface area contributed by atoms with Crippen LogP contribution in [0.25, 0.3) is 0 Å². The molecular weight excluding hydrogens is 182 g/mol. The number of rotatable bonds is 5. The van der Waals surface area contributed by atoms with Gasteiger partial charge in [-0.15, -0.1) is 0 Å². The zero-order valence-corrected chi connectivity index (χ0v) is 8.70. The maximum atomic E-state index is 5.35. The standard InChI is InChI=1S/C9H15N3O2/c1-7-11-8(10-2)6-9(12-7)14-5-4-13-3/h6H,4-5H2,1-3H3,(H,10,11,12). The summed E-state index contributed by atoms with van der Waals surface area (Å²) in [5.74, 6) is 2.01. The Balaban J connectivity index is 2.62. The normalized spacial score (nSPS) is 9.93. The molecular formula is C9H15N3O2. The van der Waals surface area contributed by atoms with Crippen LogP contribution in [0.15, 0.2) is 6.07 Å². The molecule has 0 aromatic carbocycles. The van der Waals surface area contributed by atoms with E-state index >= 15 is 0 Å². The van der Waals surface area contributed by atoms with E-state index in [1.54, 1.807) is 20.2 Å². The van der Waals surface area contributed by atoms with Gasteiger partial charge < -0.3 is 14.8 Å². The maximum absolute atomic E-state index is 5.35. The van der Waals surface area contributed by atoms with Crippen molar-refractivity contribution in [3.05, 3.63) is 11.9 Å². The Hall–Kier alpha value is -1.36. The van der Waals surface area contributed by atoms with Gasteiger partial charge in [0.1, 0.15) is 18.2 Å². The van der Waals surface area contributed by atoms with Gasteiger partial charge in [0.2, 0.25) is 5.88 Å². The van der Waals surface area contributed by atoms with E-state index in [0.717, 1.165) is 5.82 Å². The van der Waals surface area contributed by atoms with E-state index in [0.29, 0.717) is 24.9 Å². The van der Waals surface area contributed by atoms with Crippen LogP contribution < -0.4 is 10.1 Å². The number of ether oxygens (including phenoxy) is 2. The molecule has 5 nitrogen and oxygen atoms in total. The molecule has 0 spiro atoms. The Morgan fingerprint density at radius 3 is 2.79 bits per heavy atom. The Morgan fingerprint density at radius 2 is 2.14 bits per heavy atom. The lowest BCUT2D eigenvalue weighted by Crippen LogP contribution is -2.07. The molecule has 0 saturated carbocycles. The molecule has 0 fully saturated rings. The summed E-state index contributed by atoms with van der Waals surface area (Å²) in [4.78, 5) is 8.27. The molecule has 0 atom stereocenters. The molecule has 0 unspecified atom stereocenters. The van der Waals surface area contributed by atoms with Gasteiger partial charge in [0.15, 0.2) is 0 Å². The Morgan fingerprint density at radius 1 is 1.36 bits per heavy atom. The van der Waals surface area contributed by atoms with Gasteiger partial charge in [-0.05, 0) is 6.92 Å². The van der Waals surface area contributed by atoms with E-state index in [2.05, 4.69) is 15.3 Å². The van der Waals surface area contributed by atoms with Crippen molar-refractivity contribution in [2.45, 2.75) is 6.92 Å². The number of methoxy groups -OCH3 is 1. The van der Waals surface area contributed by atoms with Crippen molar-refractivity contribution in [2.24, 2.45) is 0 Å². The summed E-state index contributed by atoms with van der Waals surface area (Å²) in [6, 6.07) is 1.75. The van der Waals surface area contributed by atoms with E-state index in [1.807, 2.05) is 6.92 Å². The van der Waals surface area contributed by atoms with Crippen LogP contribution in [0.3, 0.4) is 0 Å². The lowest BCUT2D eigenvalue weighted by atomic mass is 10.5. The van der Waals surface area contributed by atoms with Crippen molar-refractivity contribution in [2.75, 3.05) is 32.7 Å². The zero-order chi connectivity index (χ0) is 10.4. The zero-order valence-electron chi connectivity index (χ0n) is 8.70. The van der Waals surface area contributed by atoms with E-state index in [9.17, 15) is 0 Å². The predicted octanol–water partition coefficient (Wildman–Crippen LogP) is 0.852. The molecule has 14 heavy (non-hydrogen) atoms. The highest BCUT2D eigenvalue weighted by Gasteiger charge is 2.00. The smallest absolute Gasteiger partial charge is 0.218 e. The molecule has 0 aliphatic heterocycles. The first-order valence-electron chi connectivity index (χ1n) is 4.41. The minimum atomic E-state index is 0.496. The van der Waals surface area contributed by atoms with E-state index in [1.165, 1.54) is 0 Å². The van der Waals surface area contributed by atoms with Gasteiger partial charge in [-0.1, -0.05) is 0 Å². The van der Waals surface area contributed by atoms with Crippen LogP contribution in [-0.2, 0) is 4.74 Å². The quantitative estimate of drug-likeness (QED) is 0.709. The van der Waals surface area contributed by atoms with Gasteiger partial charge >= 0.3 is 0 Å². The second-order valence-electron chi connectivity index (χ2n) is 2.73. The van der Waals surface area contributed by atoms with Gasteiger partial charge in [-0.3, -0.25) is 0 Å². The SMILES string of the molecule is CNc1cc(OCCOC)nc(C)n1. The third-order valence-electron chi connectivity index (χ3n) is 1.61. The third kappa shape index (κ3) is 3.18. The molecule has 1 N–H and O–H groups in total. The second kappa shape index (κ2) is 5.39. The molecule has 1 aromatic rings. The largest absolute Gasteiger partial charge is 0.475 e. The summed E-state index contributed by atoms with van der Waals surface area (Å²) in [5.41, 5.74) is 0. The summed E-state index contributed by atoms with van der Waals surface area (Å²) in [6.45, 7) is 2.87. The van der Waals surface area contributed by atoms with Crippen molar-refractivity contribution < 1.29 is 9.47 Å². The first-order valence-corrected chi connectivity index (χ1v) is 4.41. The fourth-order valence-corrected chi connectivity index (χ4v) is 0.972. The molecule has 0 bridgehead atoms. The highest BCUT2D eigenvalue weighted by molar-refractivity contribution is 5.37. The lowest BCUT2D eigenvalue weighted by molar-refractivity contribution is 0.143. The number of aromatic nitrogens is 2. The molecule has 1 heterocycles. The van der Waals surface area contributed by atoms with Gasteiger partial charge in [0.25, 0.3) is 0 Å². The van der Waals surface area contributed by atoms with Gasteiger partial charge in [0.05, 0.1) is 6.61 Å². The number of nitrogens with zero attached hydrogens (tertiary/aromatic N) is 2. The minimum absolute atomic E-state index is 0.496. The number of hydrogen-bond donors (Lipinski definition) is 1. The predicted molar refractivity (Wildman–Crippen MR) is 53.7 cm³/mol. The monoisotopic (exact) mass is 197 g/mol. The van der Waals surface area contributed by atoms with Gasteiger partial charge in [-0.25, -0.2) is 4.98 Å². The molecule has 1 rings (SSSR count). The molecule has 1 aromatic heterocycles. The number of aryl methyl sites for hydroxylation is 1. The lowest BCUT2D eigenvalue weighted by Gasteiger charge is -2.06. The average molecular weight is 197 g/mol. The maximum Gasteiger partial charge on any atom is 0.218 e. The fourth-order valence-electron chi connectivity index (χ4n) is 0.972. The number of hydrogen-bond acceptors (Lipinski definition) is 5. The van der Waals surface area contributed by atoms with Crippen molar-refractivity contribution >= 4 is 5.82 Å². The van der Waals surface area contributed by atoms with E-state index in [-0.39, 0.29) is 0 Å². The van der Waals surface area contributed by atoms with E-state index in [4.69, 9.17) is 9.47 Å². The molecule has 5 heteroatoms. The first kappa shape index (κ1) is 10.7. The molecule has 78 valence electrons.